The lowest BCUT2D eigenvalue weighted by Gasteiger charge is -2.34. The molecule has 0 bridgehead atoms. The van der Waals surface area contributed by atoms with E-state index in [4.69, 9.17) is 5.73 Å². The highest BCUT2D eigenvalue weighted by atomic mass is 16.2. The highest BCUT2D eigenvalue weighted by molar-refractivity contribution is 5.96. The third-order valence-electron chi connectivity index (χ3n) is 6.03. The number of rotatable bonds is 6. The maximum absolute atomic E-state index is 12.8. The molecule has 33 heavy (non-hydrogen) atoms. The van der Waals surface area contributed by atoms with Crippen LogP contribution in [0.2, 0.25) is 0 Å². The molecule has 8 heteroatoms. The third-order valence-corrected chi connectivity index (χ3v) is 6.03. The first-order chi connectivity index (χ1) is 16.0. The highest BCUT2D eigenvalue weighted by Gasteiger charge is 2.21. The number of amides is 2. The summed E-state index contributed by atoms with van der Waals surface area (Å²) in [7, 11) is 0. The van der Waals surface area contributed by atoms with Crippen molar-refractivity contribution >= 4 is 23.5 Å². The number of likely N-dealkylation sites (N-methyl/N-ethyl adjacent to an activating group) is 1. The number of nitrogens with two attached hydrogens (primary N) is 1. The second kappa shape index (κ2) is 9.79. The van der Waals surface area contributed by atoms with Crippen LogP contribution >= 0.6 is 0 Å². The smallest absolute Gasteiger partial charge is 0.253 e. The summed E-state index contributed by atoms with van der Waals surface area (Å²) in [6, 6.07) is 14.5. The van der Waals surface area contributed by atoms with Gasteiger partial charge in [0.2, 0.25) is 11.9 Å². The van der Waals surface area contributed by atoms with Crippen LogP contribution in [-0.2, 0) is 0 Å². The Kier molecular flexibility index (Phi) is 6.65. The minimum Gasteiger partial charge on any atom is -0.366 e. The van der Waals surface area contributed by atoms with E-state index in [0.717, 1.165) is 49.5 Å². The van der Waals surface area contributed by atoms with Crippen LogP contribution in [-0.4, -0.2) is 64.3 Å². The van der Waals surface area contributed by atoms with Gasteiger partial charge in [0, 0.05) is 54.8 Å². The van der Waals surface area contributed by atoms with Crippen molar-refractivity contribution in [1.29, 1.82) is 0 Å². The van der Waals surface area contributed by atoms with E-state index in [9.17, 15) is 9.59 Å². The normalized spacial score (nSPS) is 14.2. The number of benzene rings is 2. The van der Waals surface area contributed by atoms with Crippen LogP contribution in [0.15, 0.2) is 54.7 Å². The number of nitrogens with one attached hydrogen (secondary N) is 1. The van der Waals surface area contributed by atoms with Gasteiger partial charge < -0.3 is 20.9 Å². The van der Waals surface area contributed by atoms with Crippen LogP contribution < -0.4 is 11.1 Å². The maximum Gasteiger partial charge on any atom is 0.253 e. The molecule has 0 saturated carbocycles. The molecule has 3 aromatic rings. The van der Waals surface area contributed by atoms with E-state index >= 15 is 0 Å². The first-order valence-corrected chi connectivity index (χ1v) is 11.1. The Morgan fingerprint density at radius 1 is 1.03 bits per heavy atom. The number of primary amides is 1. The van der Waals surface area contributed by atoms with Gasteiger partial charge in [-0.2, -0.15) is 0 Å². The summed E-state index contributed by atoms with van der Waals surface area (Å²) in [5.74, 6) is 0.00938. The first-order valence-electron chi connectivity index (χ1n) is 11.1. The van der Waals surface area contributed by atoms with Gasteiger partial charge in [-0.05, 0) is 55.4 Å². The van der Waals surface area contributed by atoms with Crippen molar-refractivity contribution < 1.29 is 9.59 Å². The molecule has 0 radical (unpaired) electrons. The van der Waals surface area contributed by atoms with E-state index in [2.05, 4.69) is 27.1 Å². The SMILES string of the molecule is CCN1CCN(C(=O)c2ccc(Nc3nccc(-c4cccc(C(N)=O)c4C)n3)cc2)CC1. The predicted molar refractivity (Wildman–Crippen MR) is 128 cm³/mol. The Morgan fingerprint density at radius 2 is 1.76 bits per heavy atom. The molecule has 0 unspecified atom stereocenters. The summed E-state index contributed by atoms with van der Waals surface area (Å²) in [4.78, 5) is 37.6. The number of piperazine rings is 1. The van der Waals surface area contributed by atoms with Gasteiger partial charge in [-0.15, -0.1) is 0 Å². The summed E-state index contributed by atoms with van der Waals surface area (Å²) in [5, 5.41) is 3.18. The summed E-state index contributed by atoms with van der Waals surface area (Å²) in [6.45, 7) is 8.34. The van der Waals surface area contributed by atoms with Gasteiger partial charge in [0.05, 0.1) is 5.69 Å². The van der Waals surface area contributed by atoms with Crippen LogP contribution in [0.1, 0.15) is 33.2 Å². The minimum absolute atomic E-state index is 0.0559. The maximum atomic E-state index is 12.8. The van der Waals surface area contributed by atoms with Crippen LogP contribution in [0.3, 0.4) is 0 Å². The van der Waals surface area contributed by atoms with Gasteiger partial charge in [0.15, 0.2) is 0 Å². The number of carbonyl (C=O) groups excluding carboxylic acids is 2. The topological polar surface area (TPSA) is 104 Å². The Hall–Kier alpha value is -3.78. The molecule has 4 rings (SSSR count). The lowest BCUT2D eigenvalue weighted by Crippen LogP contribution is -2.48. The first kappa shape index (κ1) is 22.4. The van der Waals surface area contributed by atoms with Gasteiger partial charge in [-0.25, -0.2) is 9.97 Å². The average molecular weight is 445 g/mol. The zero-order chi connectivity index (χ0) is 23.4. The average Bonchev–Trinajstić information content (AvgIpc) is 2.84. The lowest BCUT2D eigenvalue weighted by molar-refractivity contribution is 0.0643. The zero-order valence-corrected chi connectivity index (χ0v) is 18.9. The van der Waals surface area contributed by atoms with Gasteiger partial charge in [0.25, 0.3) is 5.91 Å². The fourth-order valence-corrected chi connectivity index (χ4v) is 4.02. The van der Waals surface area contributed by atoms with Crippen molar-refractivity contribution in [2.45, 2.75) is 13.8 Å². The van der Waals surface area contributed by atoms with Gasteiger partial charge in [-0.3, -0.25) is 9.59 Å². The number of carbonyl (C=O) groups is 2. The lowest BCUT2D eigenvalue weighted by atomic mass is 9.99. The number of aromatic nitrogens is 2. The van der Waals surface area contributed by atoms with Gasteiger partial charge in [0.1, 0.15) is 0 Å². The molecule has 1 saturated heterocycles. The summed E-state index contributed by atoms with van der Waals surface area (Å²) >= 11 is 0. The van der Waals surface area contributed by atoms with E-state index in [1.165, 1.54) is 0 Å². The van der Waals surface area contributed by atoms with Crippen molar-refractivity contribution in [2.24, 2.45) is 5.73 Å². The van der Waals surface area contributed by atoms with E-state index in [0.29, 0.717) is 22.8 Å². The second-order valence-corrected chi connectivity index (χ2v) is 8.04. The Morgan fingerprint density at radius 3 is 2.42 bits per heavy atom. The molecular weight excluding hydrogens is 416 g/mol. The Balaban J connectivity index is 1.47. The number of anilines is 2. The fraction of sp³-hybridized carbons (Fsp3) is 0.280. The molecule has 0 atom stereocenters. The van der Waals surface area contributed by atoms with E-state index in [-0.39, 0.29) is 5.91 Å². The molecule has 0 spiro atoms. The summed E-state index contributed by atoms with van der Waals surface area (Å²) < 4.78 is 0. The van der Waals surface area contributed by atoms with Crippen molar-refractivity contribution in [2.75, 3.05) is 38.0 Å². The quantitative estimate of drug-likeness (QED) is 0.606. The Bertz CT molecular complexity index is 1150. The molecule has 2 heterocycles. The summed E-state index contributed by atoms with van der Waals surface area (Å²) in [5.41, 5.74) is 9.67. The Labute approximate surface area is 193 Å². The van der Waals surface area contributed by atoms with Crippen LogP contribution in [0.4, 0.5) is 11.6 Å². The molecule has 3 N–H and O–H groups in total. The molecule has 1 aliphatic heterocycles. The molecule has 1 aromatic heterocycles. The highest BCUT2D eigenvalue weighted by Crippen LogP contribution is 2.25. The number of hydrogen-bond donors (Lipinski definition) is 2. The molecule has 2 aromatic carbocycles. The number of nitrogens with zero attached hydrogens (tertiary/aromatic N) is 4. The van der Waals surface area contributed by atoms with Gasteiger partial charge >= 0.3 is 0 Å². The second-order valence-electron chi connectivity index (χ2n) is 8.04. The molecular formula is C25H28N6O2. The zero-order valence-electron chi connectivity index (χ0n) is 18.9. The number of hydrogen-bond acceptors (Lipinski definition) is 6. The van der Waals surface area contributed by atoms with E-state index in [1.54, 1.807) is 24.4 Å². The standard InChI is InChI=1S/C25H28N6O2/c1-3-30-13-15-31(16-14-30)24(33)18-7-9-19(10-8-18)28-25-27-12-11-22(29-25)20-5-4-6-21(17(20)2)23(26)32/h4-12H,3,13-16H2,1-2H3,(H2,26,32)(H,27,28,29). The third kappa shape index (κ3) is 5.01. The molecule has 0 aliphatic carbocycles. The van der Waals surface area contributed by atoms with Gasteiger partial charge in [-0.1, -0.05) is 19.1 Å². The molecule has 1 fully saturated rings. The monoisotopic (exact) mass is 444 g/mol. The summed E-state index contributed by atoms with van der Waals surface area (Å²) in [6.07, 6.45) is 1.66. The largest absolute Gasteiger partial charge is 0.366 e. The fourth-order valence-electron chi connectivity index (χ4n) is 4.02. The molecule has 8 nitrogen and oxygen atoms in total. The van der Waals surface area contributed by atoms with Crippen molar-refractivity contribution in [3.8, 4) is 11.3 Å². The van der Waals surface area contributed by atoms with E-state index < -0.39 is 5.91 Å². The van der Waals surface area contributed by atoms with Crippen LogP contribution in [0, 0.1) is 6.92 Å². The minimum atomic E-state index is -0.469. The molecule has 2 amide bonds. The molecule has 1 aliphatic rings. The van der Waals surface area contributed by atoms with Crippen molar-refractivity contribution in [1.82, 2.24) is 19.8 Å². The van der Waals surface area contributed by atoms with Crippen LogP contribution in [0.25, 0.3) is 11.3 Å². The van der Waals surface area contributed by atoms with Crippen LogP contribution in [0.5, 0.6) is 0 Å². The van der Waals surface area contributed by atoms with Crippen molar-refractivity contribution in [3.63, 3.8) is 0 Å². The van der Waals surface area contributed by atoms with Crippen molar-refractivity contribution in [3.05, 3.63) is 71.4 Å². The predicted octanol–water partition coefficient (Wildman–Crippen LogP) is 3.07. The van der Waals surface area contributed by atoms with E-state index in [1.807, 2.05) is 42.2 Å². The molecule has 170 valence electrons.